The van der Waals surface area contributed by atoms with Crippen molar-refractivity contribution in [3.8, 4) is 11.5 Å². The Labute approximate surface area is 190 Å². The second-order valence-electron chi connectivity index (χ2n) is 9.18. The largest absolute Gasteiger partial charge is 0.486 e. The van der Waals surface area contributed by atoms with Crippen molar-refractivity contribution < 1.29 is 14.3 Å². The van der Waals surface area contributed by atoms with Gasteiger partial charge < -0.3 is 14.4 Å². The van der Waals surface area contributed by atoms with Crippen molar-refractivity contribution in [1.29, 1.82) is 0 Å². The van der Waals surface area contributed by atoms with E-state index in [1.165, 1.54) is 16.7 Å². The molecule has 1 atom stereocenters. The SMILES string of the molecule is Cc1cccc(CN2CCN(C(=O)CN3CCCC3c3ccc4c(c3)OCCO4)CC2)c1. The van der Waals surface area contributed by atoms with E-state index in [1.807, 2.05) is 11.0 Å². The predicted molar refractivity (Wildman–Crippen MR) is 124 cm³/mol. The molecule has 1 unspecified atom stereocenters. The molecule has 0 spiro atoms. The molecule has 6 heteroatoms. The molecule has 2 aromatic rings. The van der Waals surface area contributed by atoms with Gasteiger partial charge in [-0.2, -0.15) is 0 Å². The van der Waals surface area contributed by atoms with Crippen molar-refractivity contribution in [2.75, 3.05) is 52.5 Å². The van der Waals surface area contributed by atoms with E-state index in [-0.39, 0.29) is 11.9 Å². The van der Waals surface area contributed by atoms with Gasteiger partial charge in [0.2, 0.25) is 5.91 Å². The third-order valence-corrected chi connectivity index (χ3v) is 6.87. The highest BCUT2D eigenvalue weighted by Crippen LogP contribution is 2.38. The molecule has 0 N–H and O–H groups in total. The Kier molecular flexibility index (Phi) is 6.32. The van der Waals surface area contributed by atoms with Crippen molar-refractivity contribution in [1.82, 2.24) is 14.7 Å². The number of aryl methyl sites for hydroxylation is 1. The molecule has 5 rings (SSSR count). The Morgan fingerprint density at radius 3 is 2.59 bits per heavy atom. The molecular formula is C26H33N3O3. The summed E-state index contributed by atoms with van der Waals surface area (Å²) in [5, 5.41) is 0. The summed E-state index contributed by atoms with van der Waals surface area (Å²) in [5.74, 6) is 1.91. The van der Waals surface area contributed by atoms with E-state index in [4.69, 9.17) is 9.47 Å². The topological polar surface area (TPSA) is 45.2 Å². The first-order valence-electron chi connectivity index (χ1n) is 11.8. The highest BCUT2D eigenvalue weighted by molar-refractivity contribution is 5.78. The van der Waals surface area contributed by atoms with Crippen molar-refractivity contribution in [3.63, 3.8) is 0 Å². The zero-order valence-corrected chi connectivity index (χ0v) is 19.0. The first-order chi connectivity index (χ1) is 15.7. The molecule has 2 saturated heterocycles. The van der Waals surface area contributed by atoms with E-state index in [1.54, 1.807) is 0 Å². The normalized spacial score (nSPS) is 21.7. The van der Waals surface area contributed by atoms with Gasteiger partial charge in [-0.3, -0.25) is 14.6 Å². The smallest absolute Gasteiger partial charge is 0.236 e. The van der Waals surface area contributed by atoms with Gasteiger partial charge in [0, 0.05) is 38.8 Å². The lowest BCUT2D eigenvalue weighted by atomic mass is 10.0. The van der Waals surface area contributed by atoms with E-state index in [0.29, 0.717) is 19.8 Å². The number of benzene rings is 2. The molecule has 170 valence electrons. The van der Waals surface area contributed by atoms with Gasteiger partial charge in [0.25, 0.3) is 0 Å². The van der Waals surface area contributed by atoms with E-state index >= 15 is 0 Å². The molecule has 0 saturated carbocycles. The van der Waals surface area contributed by atoms with Gasteiger partial charge in [0.15, 0.2) is 11.5 Å². The minimum atomic E-state index is 0.254. The molecule has 2 aromatic carbocycles. The number of likely N-dealkylation sites (tertiary alicyclic amines) is 1. The summed E-state index contributed by atoms with van der Waals surface area (Å²) in [6.07, 6.45) is 2.20. The number of carbonyl (C=O) groups excluding carboxylic acids is 1. The van der Waals surface area contributed by atoms with Crippen LogP contribution in [0.1, 0.15) is 35.6 Å². The summed E-state index contributed by atoms with van der Waals surface area (Å²) in [5.41, 5.74) is 3.88. The van der Waals surface area contributed by atoms with E-state index in [2.05, 4.69) is 53.1 Å². The summed E-state index contributed by atoms with van der Waals surface area (Å²) in [4.78, 5) is 19.9. The van der Waals surface area contributed by atoms with Gasteiger partial charge in [-0.25, -0.2) is 0 Å². The molecule has 3 aliphatic heterocycles. The molecule has 32 heavy (non-hydrogen) atoms. The summed E-state index contributed by atoms with van der Waals surface area (Å²) in [6.45, 7) is 9.26. The molecule has 3 heterocycles. The fraction of sp³-hybridized carbons (Fsp3) is 0.500. The minimum absolute atomic E-state index is 0.254. The Morgan fingerprint density at radius 2 is 1.78 bits per heavy atom. The highest BCUT2D eigenvalue weighted by atomic mass is 16.6. The average Bonchev–Trinajstić information content (AvgIpc) is 3.27. The van der Waals surface area contributed by atoms with Crippen LogP contribution in [-0.2, 0) is 11.3 Å². The Bertz CT molecular complexity index is 955. The van der Waals surface area contributed by atoms with Gasteiger partial charge in [-0.15, -0.1) is 0 Å². The van der Waals surface area contributed by atoms with Crippen LogP contribution in [-0.4, -0.2) is 73.1 Å². The van der Waals surface area contributed by atoms with Gasteiger partial charge in [0.05, 0.1) is 6.54 Å². The number of hydrogen-bond donors (Lipinski definition) is 0. The lowest BCUT2D eigenvalue weighted by molar-refractivity contribution is -0.134. The second-order valence-corrected chi connectivity index (χ2v) is 9.18. The maximum absolute atomic E-state index is 13.1. The molecule has 0 aliphatic carbocycles. The standard InChI is InChI=1S/C26H33N3O3/c1-20-4-2-5-21(16-20)18-27-10-12-28(13-11-27)26(30)19-29-9-3-6-23(29)22-7-8-24-25(17-22)32-15-14-31-24/h2,4-5,7-8,16-17,23H,3,6,9-15,18-19H2,1H3. The predicted octanol–water partition coefficient (Wildman–Crippen LogP) is 3.25. The van der Waals surface area contributed by atoms with Crippen molar-refractivity contribution in [2.24, 2.45) is 0 Å². The zero-order valence-electron chi connectivity index (χ0n) is 19.0. The quantitative estimate of drug-likeness (QED) is 0.722. The molecule has 2 fully saturated rings. The lowest BCUT2D eigenvalue weighted by Gasteiger charge is -2.36. The van der Waals surface area contributed by atoms with Crippen LogP contribution in [0.2, 0.25) is 0 Å². The van der Waals surface area contributed by atoms with Crippen molar-refractivity contribution >= 4 is 5.91 Å². The number of carbonyl (C=O) groups is 1. The maximum Gasteiger partial charge on any atom is 0.236 e. The zero-order chi connectivity index (χ0) is 21.9. The third kappa shape index (κ3) is 4.76. The molecule has 3 aliphatic rings. The van der Waals surface area contributed by atoms with E-state index < -0.39 is 0 Å². The van der Waals surface area contributed by atoms with Crippen molar-refractivity contribution in [3.05, 3.63) is 59.2 Å². The monoisotopic (exact) mass is 435 g/mol. The van der Waals surface area contributed by atoms with Crippen LogP contribution in [0.25, 0.3) is 0 Å². The molecule has 0 aromatic heterocycles. The number of fused-ring (bicyclic) bond motifs is 1. The molecule has 0 bridgehead atoms. The Morgan fingerprint density at radius 1 is 0.969 bits per heavy atom. The van der Waals surface area contributed by atoms with Gasteiger partial charge in [-0.1, -0.05) is 35.9 Å². The first kappa shape index (κ1) is 21.3. The van der Waals surface area contributed by atoms with Gasteiger partial charge in [0.1, 0.15) is 13.2 Å². The van der Waals surface area contributed by atoms with Crippen LogP contribution >= 0.6 is 0 Å². The van der Waals surface area contributed by atoms with E-state index in [9.17, 15) is 4.79 Å². The number of rotatable bonds is 5. The summed E-state index contributed by atoms with van der Waals surface area (Å²) >= 11 is 0. The fourth-order valence-electron chi connectivity index (χ4n) is 5.16. The molecule has 1 amide bonds. The molecule has 6 nitrogen and oxygen atoms in total. The molecule has 0 radical (unpaired) electrons. The van der Waals surface area contributed by atoms with Crippen LogP contribution < -0.4 is 9.47 Å². The van der Waals surface area contributed by atoms with Crippen LogP contribution in [0.3, 0.4) is 0 Å². The number of amides is 1. The molecular weight excluding hydrogens is 402 g/mol. The Balaban J connectivity index is 1.15. The maximum atomic E-state index is 13.1. The minimum Gasteiger partial charge on any atom is -0.486 e. The fourth-order valence-corrected chi connectivity index (χ4v) is 5.16. The second kappa shape index (κ2) is 9.51. The van der Waals surface area contributed by atoms with Crippen LogP contribution in [0.5, 0.6) is 11.5 Å². The summed E-state index contributed by atoms with van der Waals surface area (Å²) in [6, 6.07) is 15.2. The third-order valence-electron chi connectivity index (χ3n) is 6.87. The highest BCUT2D eigenvalue weighted by Gasteiger charge is 2.31. The summed E-state index contributed by atoms with van der Waals surface area (Å²) in [7, 11) is 0. The number of piperazine rings is 1. The number of ether oxygens (including phenoxy) is 2. The van der Waals surface area contributed by atoms with Crippen molar-refractivity contribution in [2.45, 2.75) is 32.4 Å². The Hall–Kier alpha value is -2.57. The van der Waals surface area contributed by atoms with Crippen LogP contribution in [0.15, 0.2) is 42.5 Å². The number of nitrogens with zero attached hydrogens (tertiary/aromatic N) is 3. The summed E-state index contributed by atoms with van der Waals surface area (Å²) < 4.78 is 11.4. The average molecular weight is 436 g/mol. The van der Waals surface area contributed by atoms with Crippen LogP contribution in [0.4, 0.5) is 0 Å². The van der Waals surface area contributed by atoms with Gasteiger partial charge >= 0.3 is 0 Å². The van der Waals surface area contributed by atoms with E-state index in [0.717, 1.165) is 63.6 Å². The van der Waals surface area contributed by atoms with Gasteiger partial charge in [-0.05, 0) is 49.6 Å². The lowest BCUT2D eigenvalue weighted by Crippen LogP contribution is -2.50. The number of hydrogen-bond acceptors (Lipinski definition) is 5. The first-order valence-corrected chi connectivity index (χ1v) is 11.8. The van der Waals surface area contributed by atoms with Crippen LogP contribution in [0, 0.1) is 6.92 Å².